The Morgan fingerprint density at radius 1 is 1.23 bits per heavy atom. The van der Waals surface area contributed by atoms with Gasteiger partial charge in [-0.3, -0.25) is 9.93 Å². The molecule has 1 atom stereocenters. The van der Waals surface area contributed by atoms with Crippen LogP contribution in [0.15, 0.2) is 65.2 Å². The number of nitrogens with zero attached hydrogens (tertiary/aromatic N) is 2. The summed E-state index contributed by atoms with van der Waals surface area (Å²) in [7, 11) is 0. The van der Waals surface area contributed by atoms with E-state index in [1.165, 1.54) is 0 Å². The van der Waals surface area contributed by atoms with Gasteiger partial charge in [0.1, 0.15) is 0 Å². The number of phenols is 1. The Labute approximate surface area is 187 Å². The molecule has 3 rings (SSSR count). The van der Waals surface area contributed by atoms with E-state index in [1.807, 2.05) is 18.2 Å². The molecule has 1 aliphatic heterocycles. The van der Waals surface area contributed by atoms with E-state index in [1.54, 1.807) is 23.1 Å². The third kappa shape index (κ3) is 5.59. The predicted octanol–water partition coefficient (Wildman–Crippen LogP) is 4.22. The average Bonchev–Trinajstić information content (AvgIpc) is 3.33. The summed E-state index contributed by atoms with van der Waals surface area (Å²) in [6.07, 6.45) is 2.82. The summed E-state index contributed by atoms with van der Waals surface area (Å²) >= 11 is 0.792. The van der Waals surface area contributed by atoms with Crippen molar-refractivity contribution in [1.82, 2.24) is 10.2 Å². The lowest BCUT2D eigenvalue weighted by atomic mass is 10.0. The number of amides is 1. The molecule has 8 heteroatoms. The largest absolute Gasteiger partial charge is 0.505 e. The first kappa shape index (κ1) is 22.7. The molecule has 0 bridgehead atoms. The summed E-state index contributed by atoms with van der Waals surface area (Å²) in [6.45, 7) is 7.61. The SMILES string of the molecule is C=C(N[C@H](CC)c1ccccc1)/C(=N\SN)Nc1cccc(C(=O)N2CCCC2)c1O. The van der Waals surface area contributed by atoms with E-state index >= 15 is 0 Å². The highest BCUT2D eigenvalue weighted by atomic mass is 32.2. The van der Waals surface area contributed by atoms with Crippen molar-refractivity contribution in [3.05, 3.63) is 71.9 Å². The molecule has 0 radical (unpaired) electrons. The Bertz CT molecular complexity index is 942. The van der Waals surface area contributed by atoms with Crippen molar-refractivity contribution in [2.45, 2.75) is 32.2 Å². The molecule has 0 aliphatic carbocycles. The van der Waals surface area contributed by atoms with Gasteiger partial charge in [0.25, 0.3) is 5.91 Å². The van der Waals surface area contributed by atoms with Crippen LogP contribution in [0.1, 0.15) is 48.1 Å². The van der Waals surface area contributed by atoms with Gasteiger partial charge in [0.15, 0.2) is 11.6 Å². The highest BCUT2D eigenvalue weighted by Crippen LogP contribution is 2.30. The number of phenolic OH excluding ortho intramolecular Hbond substituents is 1. The lowest BCUT2D eigenvalue weighted by Gasteiger charge is -2.22. The van der Waals surface area contributed by atoms with Gasteiger partial charge >= 0.3 is 0 Å². The molecule has 164 valence electrons. The van der Waals surface area contributed by atoms with Gasteiger partial charge in [-0.1, -0.05) is 49.9 Å². The lowest BCUT2D eigenvalue weighted by molar-refractivity contribution is 0.0790. The number of carbonyl (C=O) groups is 1. The summed E-state index contributed by atoms with van der Waals surface area (Å²) in [6, 6.07) is 15.2. The number of aromatic hydroxyl groups is 1. The van der Waals surface area contributed by atoms with Crippen LogP contribution in [0.2, 0.25) is 0 Å². The second-order valence-electron chi connectivity index (χ2n) is 7.37. The number of likely N-dealkylation sites (tertiary alicyclic amines) is 1. The standard InChI is InChI=1S/C23H29N5O2S/c1-3-19(17-10-5-4-6-11-17)25-16(2)22(27-31-24)26-20-13-9-12-18(21(20)29)23(30)28-14-7-8-15-28/h4-6,9-13,19,25,29H,2-3,7-8,14-15,24H2,1H3,(H,26,27)/t19-/m1/s1. The topological polar surface area (TPSA) is 103 Å². The molecule has 0 saturated carbocycles. The minimum Gasteiger partial charge on any atom is -0.505 e. The molecule has 31 heavy (non-hydrogen) atoms. The van der Waals surface area contributed by atoms with E-state index in [-0.39, 0.29) is 23.3 Å². The van der Waals surface area contributed by atoms with Gasteiger partial charge in [-0.15, -0.1) is 0 Å². The fourth-order valence-electron chi connectivity index (χ4n) is 3.63. The fourth-order valence-corrected chi connectivity index (χ4v) is 3.89. The maximum atomic E-state index is 12.8. The van der Waals surface area contributed by atoms with Crippen molar-refractivity contribution in [2.75, 3.05) is 18.4 Å². The van der Waals surface area contributed by atoms with Gasteiger partial charge in [0.05, 0.1) is 35.1 Å². The summed E-state index contributed by atoms with van der Waals surface area (Å²) in [5, 5.41) is 22.8. The third-order valence-electron chi connectivity index (χ3n) is 5.30. The highest BCUT2D eigenvalue weighted by Gasteiger charge is 2.23. The first-order valence-corrected chi connectivity index (χ1v) is 11.2. The number of hydrogen-bond donors (Lipinski definition) is 4. The van der Waals surface area contributed by atoms with Crippen LogP contribution in [0.5, 0.6) is 5.75 Å². The van der Waals surface area contributed by atoms with Gasteiger partial charge in [-0.2, -0.15) is 4.40 Å². The van der Waals surface area contributed by atoms with Crippen LogP contribution in [0, 0.1) is 0 Å². The Kier molecular flexibility index (Phi) is 7.97. The second kappa shape index (κ2) is 10.9. The quantitative estimate of drug-likeness (QED) is 0.213. The zero-order chi connectivity index (χ0) is 22.2. The van der Waals surface area contributed by atoms with E-state index in [9.17, 15) is 9.90 Å². The zero-order valence-corrected chi connectivity index (χ0v) is 18.5. The monoisotopic (exact) mass is 439 g/mol. The summed E-state index contributed by atoms with van der Waals surface area (Å²) in [4.78, 5) is 14.5. The van der Waals surface area contributed by atoms with Crippen LogP contribution in [-0.4, -0.2) is 34.8 Å². The Hall–Kier alpha value is -2.97. The molecule has 5 N–H and O–H groups in total. The number of benzene rings is 2. The number of para-hydroxylation sites is 1. The number of amidine groups is 1. The summed E-state index contributed by atoms with van der Waals surface area (Å²) in [5.41, 5.74) is 2.30. The molecule has 7 nitrogen and oxygen atoms in total. The molecule has 0 unspecified atom stereocenters. The van der Waals surface area contributed by atoms with Crippen LogP contribution in [0.4, 0.5) is 5.69 Å². The van der Waals surface area contributed by atoms with E-state index in [4.69, 9.17) is 5.14 Å². The molecule has 2 aromatic carbocycles. The fraction of sp³-hybridized carbons (Fsp3) is 0.304. The second-order valence-corrected chi connectivity index (χ2v) is 7.76. The van der Waals surface area contributed by atoms with Crippen LogP contribution >= 0.6 is 12.1 Å². The Morgan fingerprint density at radius 3 is 2.58 bits per heavy atom. The zero-order valence-electron chi connectivity index (χ0n) is 17.7. The van der Waals surface area contributed by atoms with Crippen molar-refractivity contribution >= 4 is 29.6 Å². The number of anilines is 1. The average molecular weight is 440 g/mol. The Balaban J connectivity index is 1.78. The van der Waals surface area contributed by atoms with Crippen molar-refractivity contribution in [2.24, 2.45) is 9.54 Å². The maximum Gasteiger partial charge on any atom is 0.257 e. The lowest BCUT2D eigenvalue weighted by Crippen LogP contribution is -2.29. The van der Waals surface area contributed by atoms with Gasteiger partial charge in [-0.25, -0.2) is 0 Å². The molecule has 1 aliphatic rings. The van der Waals surface area contributed by atoms with Crippen molar-refractivity contribution in [3.63, 3.8) is 0 Å². The number of rotatable bonds is 8. The molecular weight excluding hydrogens is 410 g/mol. The van der Waals surface area contributed by atoms with Gasteiger partial charge in [0.2, 0.25) is 0 Å². The van der Waals surface area contributed by atoms with Crippen molar-refractivity contribution < 1.29 is 9.90 Å². The van der Waals surface area contributed by atoms with Crippen LogP contribution in [0.3, 0.4) is 0 Å². The smallest absolute Gasteiger partial charge is 0.257 e. The molecule has 0 spiro atoms. The van der Waals surface area contributed by atoms with E-state index in [2.05, 4.69) is 40.7 Å². The molecule has 0 aromatic heterocycles. The first-order chi connectivity index (χ1) is 15.0. The maximum absolute atomic E-state index is 12.8. The molecule has 1 heterocycles. The normalized spacial score (nSPS) is 14.9. The number of nitrogens with two attached hydrogens (primary N) is 1. The van der Waals surface area contributed by atoms with Gasteiger partial charge in [0, 0.05) is 13.1 Å². The highest BCUT2D eigenvalue weighted by molar-refractivity contribution is 7.95. The van der Waals surface area contributed by atoms with Gasteiger partial charge in [-0.05, 0) is 37.0 Å². The number of hydrogen-bond acceptors (Lipinski definition) is 6. The third-order valence-corrected chi connectivity index (χ3v) is 5.59. The van der Waals surface area contributed by atoms with Crippen LogP contribution < -0.4 is 15.8 Å². The summed E-state index contributed by atoms with van der Waals surface area (Å²) in [5.74, 6) is 0.0948. The van der Waals surface area contributed by atoms with E-state index in [0.717, 1.165) is 37.0 Å². The predicted molar refractivity (Wildman–Crippen MR) is 128 cm³/mol. The van der Waals surface area contributed by atoms with E-state index < -0.39 is 0 Å². The van der Waals surface area contributed by atoms with Crippen LogP contribution in [-0.2, 0) is 0 Å². The number of carbonyl (C=O) groups excluding carboxylic acids is 1. The molecular formula is C23H29N5O2S. The molecule has 1 fully saturated rings. The minimum absolute atomic E-state index is 0.0418. The Morgan fingerprint density at radius 2 is 1.94 bits per heavy atom. The first-order valence-electron chi connectivity index (χ1n) is 10.4. The van der Waals surface area contributed by atoms with E-state index in [0.29, 0.717) is 30.3 Å². The summed E-state index contributed by atoms with van der Waals surface area (Å²) < 4.78 is 4.22. The molecule has 2 aromatic rings. The molecule has 1 amide bonds. The minimum atomic E-state index is -0.169. The van der Waals surface area contributed by atoms with Crippen LogP contribution in [0.25, 0.3) is 0 Å². The number of nitrogens with one attached hydrogen (secondary N) is 2. The van der Waals surface area contributed by atoms with Gasteiger partial charge < -0.3 is 20.6 Å². The van der Waals surface area contributed by atoms with Crippen molar-refractivity contribution in [1.29, 1.82) is 0 Å². The molecule has 1 saturated heterocycles. The van der Waals surface area contributed by atoms with Crippen molar-refractivity contribution in [3.8, 4) is 5.75 Å².